The van der Waals surface area contributed by atoms with Gasteiger partial charge in [-0.15, -0.1) is 12.3 Å². The molecule has 0 aliphatic heterocycles. The molecule has 0 spiro atoms. The zero-order valence-electron chi connectivity index (χ0n) is 10.5. The summed E-state index contributed by atoms with van der Waals surface area (Å²) in [4.78, 5) is 33.5. The van der Waals surface area contributed by atoms with Crippen LogP contribution in [0.25, 0.3) is 0 Å². The normalized spacial score (nSPS) is 12.8. The Labute approximate surface area is 115 Å². The Kier molecular flexibility index (Phi) is 8.20. The summed E-state index contributed by atoms with van der Waals surface area (Å²) in [6.45, 7) is 0. The van der Waals surface area contributed by atoms with Crippen molar-refractivity contribution in [1.82, 2.24) is 10.6 Å². The van der Waals surface area contributed by atoms with Crippen LogP contribution in [-0.2, 0) is 9.59 Å². The number of carboxylic acids is 1. The van der Waals surface area contributed by atoms with E-state index in [9.17, 15) is 14.4 Å². The summed E-state index contributed by atoms with van der Waals surface area (Å²) >= 11 is 1.49. The molecule has 0 aliphatic rings. The maximum atomic E-state index is 11.9. The third-order valence-corrected chi connectivity index (χ3v) is 2.82. The first-order valence-electron chi connectivity index (χ1n) is 5.44. The molecule has 2 unspecified atom stereocenters. The van der Waals surface area contributed by atoms with Gasteiger partial charge in [0.15, 0.2) is 0 Å². The fourth-order valence-corrected chi connectivity index (χ4v) is 1.74. The number of carboxylic acid groups (broad SMARTS) is 1. The first kappa shape index (κ1) is 17.1. The van der Waals surface area contributed by atoms with Crippen molar-refractivity contribution in [2.45, 2.75) is 24.9 Å². The number of aliphatic carboxylic acids is 1. The van der Waals surface area contributed by atoms with Crippen LogP contribution >= 0.6 is 11.8 Å². The van der Waals surface area contributed by atoms with E-state index in [1.165, 1.54) is 11.8 Å². The van der Waals surface area contributed by atoms with Gasteiger partial charge in [-0.2, -0.15) is 11.8 Å². The van der Waals surface area contributed by atoms with Gasteiger partial charge in [-0.3, -0.25) is 4.79 Å². The van der Waals surface area contributed by atoms with E-state index in [0.717, 1.165) is 0 Å². The number of primary amides is 1. The molecule has 0 fully saturated rings. The largest absolute Gasteiger partial charge is 0.480 e. The lowest BCUT2D eigenvalue weighted by Gasteiger charge is -2.19. The zero-order chi connectivity index (χ0) is 14.8. The van der Waals surface area contributed by atoms with Crippen LogP contribution in [0, 0.1) is 12.3 Å². The van der Waals surface area contributed by atoms with Crippen LogP contribution in [0.15, 0.2) is 0 Å². The number of nitrogens with two attached hydrogens (primary N) is 1. The van der Waals surface area contributed by atoms with Gasteiger partial charge in [0.1, 0.15) is 12.1 Å². The Hall–Kier alpha value is -1.88. The summed E-state index contributed by atoms with van der Waals surface area (Å²) < 4.78 is 0. The minimum atomic E-state index is -1.23. The molecule has 0 aliphatic carbocycles. The number of rotatable bonds is 8. The Morgan fingerprint density at radius 2 is 2.00 bits per heavy atom. The summed E-state index contributed by atoms with van der Waals surface area (Å²) in [6.07, 6.45) is 7.08. The average Bonchev–Trinajstić information content (AvgIpc) is 2.33. The summed E-state index contributed by atoms with van der Waals surface area (Å²) in [5, 5.41) is 13.4. The van der Waals surface area contributed by atoms with Crippen molar-refractivity contribution < 1.29 is 19.5 Å². The van der Waals surface area contributed by atoms with E-state index in [1.807, 2.05) is 6.26 Å². The van der Waals surface area contributed by atoms with E-state index >= 15 is 0 Å². The minimum Gasteiger partial charge on any atom is -0.480 e. The van der Waals surface area contributed by atoms with Gasteiger partial charge in [0.25, 0.3) is 0 Å². The van der Waals surface area contributed by atoms with E-state index in [2.05, 4.69) is 16.6 Å². The summed E-state index contributed by atoms with van der Waals surface area (Å²) in [6, 6.07) is -2.89. The van der Waals surface area contributed by atoms with E-state index in [4.69, 9.17) is 17.3 Å². The van der Waals surface area contributed by atoms with Crippen molar-refractivity contribution >= 4 is 29.7 Å². The Balaban J connectivity index is 4.64. The Bertz CT molecular complexity index is 381. The molecule has 0 bridgehead atoms. The smallest absolute Gasteiger partial charge is 0.327 e. The molecule has 0 saturated carbocycles. The number of amides is 3. The maximum Gasteiger partial charge on any atom is 0.327 e. The SMILES string of the molecule is C#CCC(NC(=O)C(CCSC)NC(N)=O)C(=O)O. The molecule has 0 aromatic rings. The monoisotopic (exact) mass is 287 g/mol. The van der Waals surface area contributed by atoms with Crippen LogP contribution in [-0.4, -0.2) is 47.1 Å². The van der Waals surface area contributed by atoms with E-state index in [0.29, 0.717) is 12.2 Å². The molecular formula is C11H17N3O4S. The quantitative estimate of drug-likeness (QED) is 0.443. The number of urea groups is 1. The van der Waals surface area contributed by atoms with Crippen molar-refractivity contribution in [3.8, 4) is 12.3 Å². The molecule has 0 saturated heterocycles. The molecule has 5 N–H and O–H groups in total. The average molecular weight is 287 g/mol. The lowest BCUT2D eigenvalue weighted by Crippen LogP contribution is -2.52. The molecule has 8 heteroatoms. The van der Waals surface area contributed by atoms with Crippen molar-refractivity contribution in [1.29, 1.82) is 0 Å². The van der Waals surface area contributed by atoms with Crippen molar-refractivity contribution in [2.24, 2.45) is 5.73 Å². The minimum absolute atomic E-state index is 0.132. The van der Waals surface area contributed by atoms with Crippen molar-refractivity contribution in [3.05, 3.63) is 0 Å². The van der Waals surface area contributed by atoms with Crippen LogP contribution in [0.5, 0.6) is 0 Å². The van der Waals surface area contributed by atoms with Gasteiger partial charge in [0.05, 0.1) is 0 Å². The lowest BCUT2D eigenvalue weighted by molar-refractivity contribution is -0.141. The number of carbonyl (C=O) groups excluding carboxylic acids is 2. The fraction of sp³-hybridized carbons (Fsp3) is 0.545. The molecule has 7 nitrogen and oxygen atoms in total. The molecule has 2 atom stereocenters. The number of thioether (sulfide) groups is 1. The molecule has 19 heavy (non-hydrogen) atoms. The Morgan fingerprint density at radius 1 is 1.37 bits per heavy atom. The fourth-order valence-electron chi connectivity index (χ4n) is 1.27. The van der Waals surface area contributed by atoms with Crippen LogP contribution in [0.3, 0.4) is 0 Å². The summed E-state index contributed by atoms with van der Waals surface area (Å²) in [5.74, 6) is 0.939. The highest BCUT2D eigenvalue weighted by atomic mass is 32.2. The van der Waals surface area contributed by atoms with E-state index < -0.39 is 30.0 Å². The van der Waals surface area contributed by atoms with Crippen LogP contribution in [0.1, 0.15) is 12.8 Å². The second-order valence-electron chi connectivity index (χ2n) is 3.65. The topological polar surface area (TPSA) is 122 Å². The van der Waals surface area contributed by atoms with Crippen LogP contribution in [0.4, 0.5) is 4.79 Å². The second-order valence-corrected chi connectivity index (χ2v) is 4.64. The van der Waals surface area contributed by atoms with Gasteiger partial charge in [-0.25, -0.2) is 9.59 Å². The van der Waals surface area contributed by atoms with Crippen LogP contribution < -0.4 is 16.4 Å². The lowest BCUT2D eigenvalue weighted by atomic mass is 10.1. The predicted molar refractivity (Wildman–Crippen MR) is 72.5 cm³/mol. The molecule has 3 amide bonds. The standard InChI is InChI=1S/C11H17N3O4S/c1-3-4-8(10(16)17)13-9(15)7(5-6-19-2)14-11(12)18/h1,7-8H,4-6H2,2H3,(H,13,15)(H,16,17)(H3,12,14,18). The molecular weight excluding hydrogens is 270 g/mol. The predicted octanol–water partition coefficient (Wildman–Crippen LogP) is -0.631. The maximum absolute atomic E-state index is 11.9. The molecule has 0 heterocycles. The summed E-state index contributed by atoms with van der Waals surface area (Å²) in [5.41, 5.74) is 4.97. The van der Waals surface area contributed by atoms with Gasteiger partial charge < -0.3 is 21.5 Å². The molecule has 0 aromatic carbocycles. The van der Waals surface area contributed by atoms with Crippen molar-refractivity contribution in [2.75, 3.05) is 12.0 Å². The number of carbonyl (C=O) groups is 3. The highest BCUT2D eigenvalue weighted by molar-refractivity contribution is 7.98. The van der Waals surface area contributed by atoms with E-state index in [-0.39, 0.29) is 6.42 Å². The highest BCUT2D eigenvalue weighted by Gasteiger charge is 2.25. The van der Waals surface area contributed by atoms with Gasteiger partial charge in [-0.05, 0) is 18.4 Å². The van der Waals surface area contributed by atoms with Crippen molar-refractivity contribution in [3.63, 3.8) is 0 Å². The molecule has 0 rings (SSSR count). The highest BCUT2D eigenvalue weighted by Crippen LogP contribution is 2.02. The number of terminal acetylenes is 1. The van der Waals surface area contributed by atoms with E-state index in [1.54, 1.807) is 0 Å². The van der Waals surface area contributed by atoms with Gasteiger partial charge in [-0.1, -0.05) is 0 Å². The zero-order valence-corrected chi connectivity index (χ0v) is 11.3. The van der Waals surface area contributed by atoms with Crippen LogP contribution in [0.2, 0.25) is 0 Å². The third kappa shape index (κ3) is 7.21. The summed E-state index contributed by atoms with van der Waals surface area (Å²) in [7, 11) is 0. The number of hydrogen-bond acceptors (Lipinski definition) is 4. The van der Waals surface area contributed by atoms with Gasteiger partial charge in [0, 0.05) is 6.42 Å². The second kappa shape index (κ2) is 9.10. The Morgan fingerprint density at radius 3 is 2.42 bits per heavy atom. The number of hydrogen-bond donors (Lipinski definition) is 4. The number of nitrogens with one attached hydrogen (secondary N) is 2. The third-order valence-electron chi connectivity index (χ3n) is 2.18. The first-order valence-corrected chi connectivity index (χ1v) is 6.83. The molecule has 106 valence electrons. The molecule has 0 radical (unpaired) electrons. The molecule has 0 aromatic heterocycles. The van der Waals surface area contributed by atoms with Gasteiger partial charge in [0.2, 0.25) is 5.91 Å². The first-order chi connectivity index (χ1) is 8.92. The van der Waals surface area contributed by atoms with Gasteiger partial charge >= 0.3 is 12.0 Å².